The van der Waals surface area contributed by atoms with Crippen LogP contribution in [-0.2, 0) is 11.3 Å². The molecule has 0 radical (unpaired) electrons. The van der Waals surface area contributed by atoms with Gasteiger partial charge in [0.05, 0.1) is 37.0 Å². The van der Waals surface area contributed by atoms with Crippen LogP contribution in [0.25, 0.3) is 16.9 Å². The van der Waals surface area contributed by atoms with Crippen molar-refractivity contribution in [1.82, 2.24) is 39.7 Å². The normalized spacial score (nSPS) is 15.4. The lowest BCUT2D eigenvalue weighted by atomic mass is 10.3. The number of aromatic nitrogens is 7. The van der Waals surface area contributed by atoms with Gasteiger partial charge in [-0.25, -0.2) is 19.5 Å². The van der Waals surface area contributed by atoms with Gasteiger partial charge in [0.1, 0.15) is 6.33 Å². The minimum atomic E-state index is 0.618. The Kier molecular flexibility index (Phi) is 4.24. The summed E-state index contributed by atoms with van der Waals surface area (Å²) in [6.07, 6.45) is 6.78. The predicted molar refractivity (Wildman–Crippen MR) is 99.9 cm³/mol. The molecule has 5 heterocycles. The van der Waals surface area contributed by atoms with Crippen molar-refractivity contribution in [2.75, 3.05) is 31.6 Å². The Hall–Kier alpha value is -2.89. The fraction of sp³-hybridized carbons (Fsp3) is 0.312. The number of nitrogens with one attached hydrogen (secondary N) is 2. The first-order valence-corrected chi connectivity index (χ1v) is 9.44. The second-order valence-corrected chi connectivity index (χ2v) is 6.99. The molecular formula is C16H17N9OS. The third-order valence-corrected chi connectivity index (χ3v) is 5.17. The molecule has 0 aromatic carbocycles. The number of rotatable bonds is 5. The predicted octanol–water partition coefficient (Wildman–Crippen LogP) is 1.55. The van der Waals surface area contributed by atoms with E-state index in [-0.39, 0.29) is 0 Å². The smallest absolute Gasteiger partial charge is 0.199 e. The molecule has 0 amide bonds. The van der Waals surface area contributed by atoms with Gasteiger partial charge in [-0.05, 0) is 0 Å². The highest BCUT2D eigenvalue weighted by molar-refractivity contribution is 7.13. The van der Waals surface area contributed by atoms with Crippen LogP contribution in [0.5, 0.6) is 0 Å². The Morgan fingerprint density at radius 3 is 3.00 bits per heavy atom. The molecule has 0 spiro atoms. The molecule has 1 aliphatic heterocycles. The van der Waals surface area contributed by atoms with Crippen LogP contribution < -0.4 is 5.32 Å². The summed E-state index contributed by atoms with van der Waals surface area (Å²) in [5.74, 6) is 0.618. The van der Waals surface area contributed by atoms with Crippen molar-refractivity contribution in [2.45, 2.75) is 6.54 Å². The van der Waals surface area contributed by atoms with Gasteiger partial charge in [0.25, 0.3) is 0 Å². The van der Waals surface area contributed by atoms with Crippen molar-refractivity contribution >= 4 is 27.9 Å². The lowest BCUT2D eigenvalue weighted by molar-refractivity contribution is 0.0337. The molecule has 1 aliphatic rings. The molecule has 138 valence electrons. The summed E-state index contributed by atoms with van der Waals surface area (Å²) in [4.78, 5) is 15.9. The quantitative estimate of drug-likeness (QED) is 0.534. The molecule has 10 nitrogen and oxygen atoms in total. The molecule has 11 heteroatoms. The molecule has 1 saturated heterocycles. The van der Waals surface area contributed by atoms with Crippen LogP contribution in [0.4, 0.5) is 10.9 Å². The zero-order valence-corrected chi connectivity index (χ0v) is 15.2. The van der Waals surface area contributed by atoms with E-state index in [1.54, 1.807) is 34.4 Å². The average Bonchev–Trinajstić information content (AvgIpc) is 3.45. The van der Waals surface area contributed by atoms with E-state index in [9.17, 15) is 0 Å². The Bertz CT molecular complexity index is 1040. The SMILES string of the molecule is c1nc2c(Nc3nc(CN4CCOCC4)cs3)ncc(-c3cn[nH]c3)n2n1. The number of anilines is 2. The van der Waals surface area contributed by atoms with E-state index < -0.39 is 0 Å². The summed E-state index contributed by atoms with van der Waals surface area (Å²) in [5, 5.41) is 17.2. The minimum Gasteiger partial charge on any atom is -0.379 e. The maximum atomic E-state index is 5.39. The van der Waals surface area contributed by atoms with E-state index in [0.29, 0.717) is 11.5 Å². The van der Waals surface area contributed by atoms with Crippen LogP contribution in [0.15, 0.2) is 30.3 Å². The number of fused-ring (bicyclic) bond motifs is 1. The van der Waals surface area contributed by atoms with E-state index in [1.807, 2.05) is 0 Å². The fourth-order valence-corrected chi connectivity index (χ4v) is 3.72. The summed E-state index contributed by atoms with van der Waals surface area (Å²) < 4.78 is 7.13. The van der Waals surface area contributed by atoms with Crippen LogP contribution in [0.3, 0.4) is 0 Å². The van der Waals surface area contributed by atoms with Crippen LogP contribution >= 0.6 is 11.3 Å². The number of aromatic amines is 1. The molecule has 1 fully saturated rings. The molecule has 5 rings (SSSR count). The Balaban J connectivity index is 1.37. The number of ether oxygens (including phenoxy) is 1. The second-order valence-electron chi connectivity index (χ2n) is 6.13. The molecule has 4 aromatic rings. The Morgan fingerprint density at radius 1 is 1.22 bits per heavy atom. The van der Waals surface area contributed by atoms with Crippen molar-refractivity contribution in [3.05, 3.63) is 36.0 Å². The standard InChI is InChI=1S/C16H17N9OS/c1-3-26-4-2-24(1)8-12-9-27-16(22-12)23-14-15-18-10-21-25(15)13(7-17-14)11-5-19-20-6-11/h5-7,9-10H,1-4,8H2,(H,19,20)(H,17,22,23). The summed E-state index contributed by atoms with van der Waals surface area (Å²) in [5.41, 5.74) is 3.39. The number of hydrogen-bond acceptors (Lipinski definition) is 9. The average molecular weight is 383 g/mol. The summed E-state index contributed by atoms with van der Waals surface area (Å²) >= 11 is 1.55. The first kappa shape index (κ1) is 16.3. The first-order valence-electron chi connectivity index (χ1n) is 8.56. The lowest BCUT2D eigenvalue weighted by Gasteiger charge is -2.25. The number of thiazole rings is 1. The van der Waals surface area contributed by atoms with Gasteiger partial charge in [0, 0.05) is 36.8 Å². The van der Waals surface area contributed by atoms with E-state index in [0.717, 1.165) is 54.9 Å². The van der Waals surface area contributed by atoms with E-state index in [4.69, 9.17) is 4.74 Å². The molecule has 0 aliphatic carbocycles. The molecule has 2 N–H and O–H groups in total. The number of hydrogen-bond donors (Lipinski definition) is 2. The van der Waals surface area contributed by atoms with Gasteiger partial charge in [0.2, 0.25) is 0 Å². The van der Waals surface area contributed by atoms with Gasteiger partial charge in [0.15, 0.2) is 16.6 Å². The van der Waals surface area contributed by atoms with E-state index in [1.165, 1.54) is 6.33 Å². The van der Waals surface area contributed by atoms with Crippen molar-refractivity contribution in [1.29, 1.82) is 0 Å². The van der Waals surface area contributed by atoms with Crippen LogP contribution in [0.2, 0.25) is 0 Å². The third-order valence-electron chi connectivity index (χ3n) is 4.36. The number of morpholine rings is 1. The van der Waals surface area contributed by atoms with Crippen molar-refractivity contribution in [3.63, 3.8) is 0 Å². The van der Waals surface area contributed by atoms with E-state index >= 15 is 0 Å². The van der Waals surface area contributed by atoms with Gasteiger partial charge >= 0.3 is 0 Å². The highest BCUT2D eigenvalue weighted by Gasteiger charge is 2.15. The second kappa shape index (κ2) is 7.02. The fourth-order valence-electron chi connectivity index (χ4n) is 3.02. The van der Waals surface area contributed by atoms with Crippen molar-refractivity contribution in [2.24, 2.45) is 0 Å². The van der Waals surface area contributed by atoms with Crippen LogP contribution in [0, 0.1) is 0 Å². The van der Waals surface area contributed by atoms with Gasteiger partial charge < -0.3 is 10.1 Å². The van der Waals surface area contributed by atoms with Gasteiger partial charge in [-0.3, -0.25) is 10.00 Å². The third kappa shape index (κ3) is 3.27. The maximum Gasteiger partial charge on any atom is 0.199 e. The van der Waals surface area contributed by atoms with E-state index in [2.05, 4.69) is 45.8 Å². The topological polar surface area (TPSA) is 109 Å². The summed E-state index contributed by atoms with van der Waals surface area (Å²) in [6, 6.07) is 0. The summed E-state index contributed by atoms with van der Waals surface area (Å²) in [6.45, 7) is 4.28. The minimum absolute atomic E-state index is 0.618. The highest BCUT2D eigenvalue weighted by atomic mass is 32.1. The molecule has 4 aromatic heterocycles. The molecule has 0 saturated carbocycles. The van der Waals surface area contributed by atoms with Crippen LogP contribution in [0.1, 0.15) is 5.69 Å². The van der Waals surface area contributed by atoms with Gasteiger partial charge in [-0.2, -0.15) is 10.2 Å². The monoisotopic (exact) mass is 383 g/mol. The largest absolute Gasteiger partial charge is 0.379 e. The van der Waals surface area contributed by atoms with Gasteiger partial charge in [-0.15, -0.1) is 11.3 Å². The molecule has 27 heavy (non-hydrogen) atoms. The molecule has 0 atom stereocenters. The van der Waals surface area contributed by atoms with Crippen molar-refractivity contribution < 1.29 is 4.74 Å². The molecule has 0 bridgehead atoms. The summed E-state index contributed by atoms with van der Waals surface area (Å²) in [7, 11) is 0. The number of nitrogens with zero attached hydrogens (tertiary/aromatic N) is 7. The molecular weight excluding hydrogens is 366 g/mol. The number of H-pyrrole nitrogens is 1. The van der Waals surface area contributed by atoms with Crippen molar-refractivity contribution in [3.8, 4) is 11.3 Å². The van der Waals surface area contributed by atoms with Crippen LogP contribution in [-0.4, -0.2) is 66.0 Å². The first-order chi connectivity index (χ1) is 13.4. The zero-order valence-electron chi connectivity index (χ0n) is 14.4. The highest BCUT2D eigenvalue weighted by Crippen LogP contribution is 2.25. The molecule has 0 unspecified atom stereocenters. The Morgan fingerprint density at radius 2 is 2.15 bits per heavy atom. The Labute approximate surface area is 158 Å². The zero-order chi connectivity index (χ0) is 18.1. The maximum absolute atomic E-state index is 5.39. The van der Waals surface area contributed by atoms with Gasteiger partial charge in [-0.1, -0.05) is 0 Å². The lowest BCUT2D eigenvalue weighted by Crippen LogP contribution is -2.35.